The maximum Gasteiger partial charge on any atom is 0.346 e. The number of carbonyl (C=O) groups is 1. The number of hydrogen-bond acceptors (Lipinski definition) is 2. The first-order chi connectivity index (χ1) is 8.97. The van der Waals surface area contributed by atoms with Crippen molar-refractivity contribution in [2.75, 3.05) is 0 Å². The van der Waals surface area contributed by atoms with E-state index in [1.807, 2.05) is 0 Å². The van der Waals surface area contributed by atoms with E-state index >= 15 is 0 Å². The van der Waals surface area contributed by atoms with Crippen molar-refractivity contribution in [2.45, 2.75) is 0 Å². The molecule has 98 valence electrons. The third kappa shape index (κ3) is 3.06. The molecule has 2 nitrogen and oxygen atoms in total. The molecule has 0 aliphatic carbocycles. The molecule has 0 aliphatic rings. The molecule has 0 radical (unpaired) electrons. The third-order valence-electron chi connectivity index (χ3n) is 2.22. The molecular formula is C13H6ClF3O2. The van der Waals surface area contributed by atoms with E-state index < -0.39 is 29.0 Å². The van der Waals surface area contributed by atoms with Gasteiger partial charge in [-0.2, -0.15) is 0 Å². The van der Waals surface area contributed by atoms with E-state index in [2.05, 4.69) is 4.74 Å². The lowest BCUT2D eigenvalue weighted by atomic mass is 10.2. The van der Waals surface area contributed by atoms with E-state index in [9.17, 15) is 18.0 Å². The van der Waals surface area contributed by atoms with Crippen molar-refractivity contribution < 1.29 is 22.7 Å². The van der Waals surface area contributed by atoms with Crippen molar-refractivity contribution in [2.24, 2.45) is 0 Å². The van der Waals surface area contributed by atoms with Crippen molar-refractivity contribution in [3.8, 4) is 5.75 Å². The average molecular weight is 287 g/mol. The largest absolute Gasteiger partial charge is 0.423 e. The summed E-state index contributed by atoms with van der Waals surface area (Å²) in [5, 5.41) is -0.250. The first-order valence-electron chi connectivity index (χ1n) is 5.09. The summed E-state index contributed by atoms with van der Waals surface area (Å²) in [7, 11) is 0. The first-order valence-corrected chi connectivity index (χ1v) is 5.47. The molecule has 0 atom stereocenters. The third-order valence-corrected chi connectivity index (χ3v) is 2.51. The molecule has 0 bridgehead atoms. The summed E-state index contributed by atoms with van der Waals surface area (Å²) in [4.78, 5) is 11.6. The van der Waals surface area contributed by atoms with Crippen molar-refractivity contribution in [3.63, 3.8) is 0 Å². The lowest BCUT2D eigenvalue weighted by molar-refractivity contribution is 0.0729. The van der Waals surface area contributed by atoms with Crippen LogP contribution in [0, 0.1) is 17.5 Å². The van der Waals surface area contributed by atoms with E-state index in [1.165, 1.54) is 12.1 Å². The van der Waals surface area contributed by atoms with Gasteiger partial charge >= 0.3 is 5.97 Å². The highest BCUT2D eigenvalue weighted by Gasteiger charge is 2.16. The van der Waals surface area contributed by atoms with Crippen LogP contribution < -0.4 is 4.74 Å². The predicted octanol–water partition coefficient (Wildman–Crippen LogP) is 3.98. The number of ether oxygens (including phenoxy) is 1. The van der Waals surface area contributed by atoms with Crippen molar-refractivity contribution >= 4 is 17.6 Å². The predicted molar refractivity (Wildman–Crippen MR) is 62.7 cm³/mol. The van der Waals surface area contributed by atoms with E-state index in [1.54, 1.807) is 0 Å². The number of hydrogen-bond donors (Lipinski definition) is 0. The van der Waals surface area contributed by atoms with Crippen LogP contribution >= 0.6 is 11.6 Å². The molecule has 2 aromatic rings. The minimum absolute atomic E-state index is 0.250. The fourth-order valence-electron chi connectivity index (χ4n) is 1.41. The molecule has 0 fully saturated rings. The van der Waals surface area contributed by atoms with Crippen molar-refractivity contribution in [1.29, 1.82) is 0 Å². The fraction of sp³-hybridized carbons (Fsp3) is 0. The second-order valence-corrected chi connectivity index (χ2v) is 4.00. The van der Waals surface area contributed by atoms with Crippen LogP contribution in [0.2, 0.25) is 5.02 Å². The lowest BCUT2D eigenvalue weighted by Gasteiger charge is -2.06. The monoisotopic (exact) mass is 286 g/mol. The number of esters is 1. The molecule has 0 saturated heterocycles. The van der Waals surface area contributed by atoms with Gasteiger partial charge in [-0.1, -0.05) is 17.7 Å². The van der Waals surface area contributed by atoms with Crippen molar-refractivity contribution in [3.05, 3.63) is 64.4 Å². The fourth-order valence-corrected chi connectivity index (χ4v) is 1.59. The van der Waals surface area contributed by atoms with Gasteiger partial charge in [-0.3, -0.25) is 0 Å². The Bertz CT molecular complexity index is 624. The van der Waals surface area contributed by atoms with Crippen LogP contribution in [0.25, 0.3) is 0 Å². The van der Waals surface area contributed by atoms with Gasteiger partial charge in [-0.25, -0.2) is 18.0 Å². The Morgan fingerprint density at radius 2 is 1.68 bits per heavy atom. The molecule has 0 saturated carbocycles. The first kappa shape index (κ1) is 13.4. The van der Waals surface area contributed by atoms with Gasteiger partial charge in [0.05, 0.1) is 10.6 Å². The standard InChI is InChI=1S/C13H6ClF3O2/c14-11-3-1-2-10(12(11)17)13(18)19-9-5-7(15)4-8(16)6-9/h1-6H. The topological polar surface area (TPSA) is 26.3 Å². The lowest BCUT2D eigenvalue weighted by Crippen LogP contribution is -2.11. The summed E-state index contributed by atoms with van der Waals surface area (Å²) >= 11 is 5.51. The summed E-state index contributed by atoms with van der Waals surface area (Å²) in [6.45, 7) is 0. The highest BCUT2D eigenvalue weighted by Crippen LogP contribution is 2.21. The quantitative estimate of drug-likeness (QED) is 0.617. The SMILES string of the molecule is O=C(Oc1cc(F)cc(F)c1)c1cccc(Cl)c1F. The van der Waals surface area contributed by atoms with E-state index in [4.69, 9.17) is 11.6 Å². The van der Waals surface area contributed by atoms with Gasteiger partial charge in [0.2, 0.25) is 0 Å². The Hall–Kier alpha value is -2.01. The van der Waals surface area contributed by atoms with Crippen LogP contribution in [0.3, 0.4) is 0 Å². The molecule has 2 aromatic carbocycles. The number of carbonyl (C=O) groups excluding carboxylic acids is 1. The molecule has 0 heterocycles. The van der Waals surface area contributed by atoms with E-state index in [0.29, 0.717) is 6.07 Å². The summed E-state index contributed by atoms with van der Waals surface area (Å²) in [6.07, 6.45) is 0. The Kier molecular flexibility index (Phi) is 3.76. The van der Waals surface area contributed by atoms with Crippen LogP contribution in [0.15, 0.2) is 36.4 Å². The Balaban J connectivity index is 2.28. The molecule has 6 heteroatoms. The van der Waals surface area contributed by atoms with Crippen LogP contribution in [-0.4, -0.2) is 5.97 Å². The van der Waals surface area contributed by atoms with Crippen LogP contribution in [0.4, 0.5) is 13.2 Å². The van der Waals surface area contributed by atoms with Crippen molar-refractivity contribution in [1.82, 2.24) is 0 Å². The molecule has 0 aromatic heterocycles. The average Bonchev–Trinajstić information content (AvgIpc) is 2.31. The maximum atomic E-state index is 13.5. The smallest absolute Gasteiger partial charge is 0.346 e. The molecular weight excluding hydrogens is 281 g/mol. The molecule has 0 spiro atoms. The highest BCUT2D eigenvalue weighted by molar-refractivity contribution is 6.31. The number of benzene rings is 2. The number of halogens is 4. The van der Waals surface area contributed by atoms with E-state index in [-0.39, 0.29) is 10.8 Å². The molecule has 0 aliphatic heterocycles. The second-order valence-electron chi connectivity index (χ2n) is 3.60. The molecule has 0 unspecified atom stereocenters. The van der Waals surface area contributed by atoms with Gasteiger partial charge in [0.1, 0.15) is 17.4 Å². The van der Waals surface area contributed by atoms with Crippen LogP contribution in [0.5, 0.6) is 5.75 Å². The molecule has 0 amide bonds. The number of rotatable bonds is 2. The van der Waals surface area contributed by atoms with Crippen LogP contribution in [-0.2, 0) is 0 Å². The van der Waals surface area contributed by atoms with Gasteiger partial charge in [-0.05, 0) is 12.1 Å². The van der Waals surface area contributed by atoms with Crippen LogP contribution in [0.1, 0.15) is 10.4 Å². The van der Waals surface area contributed by atoms with Gasteiger partial charge in [0.25, 0.3) is 0 Å². The van der Waals surface area contributed by atoms with Gasteiger partial charge in [-0.15, -0.1) is 0 Å². The minimum Gasteiger partial charge on any atom is -0.423 e. The Morgan fingerprint density at radius 3 is 2.32 bits per heavy atom. The summed E-state index contributed by atoms with van der Waals surface area (Å²) in [6, 6.07) is 6.01. The highest BCUT2D eigenvalue weighted by atomic mass is 35.5. The normalized spacial score (nSPS) is 10.3. The zero-order valence-electron chi connectivity index (χ0n) is 9.29. The zero-order chi connectivity index (χ0) is 14.0. The zero-order valence-corrected chi connectivity index (χ0v) is 10.0. The Labute approximate surface area is 111 Å². The summed E-state index contributed by atoms with van der Waals surface area (Å²) in [5.41, 5.74) is -0.419. The second kappa shape index (κ2) is 5.32. The molecule has 0 N–H and O–H groups in total. The summed E-state index contributed by atoms with van der Waals surface area (Å²) in [5.74, 6) is -4.22. The van der Waals surface area contributed by atoms with E-state index in [0.717, 1.165) is 18.2 Å². The maximum absolute atomic E-state index is 13.5. The minimum atomic E-state index is -1.09. The van der Waals surface area contributed by atoms with Gasteiger partial charge < -0.3 is 4.74 Å². The van der Waals surface area contributed by atoms with Gasteiger partial charge in [0.15, 0.2) is 5.82 Å². The molecule has 2 rings (SSSR count). The van der Waals surface area contributed by atoms with Gasteiger partial charge in [0, 0.05) is 18.2 Å². The molecule has 19 heavy (non-hydrogen) atoms. The summed E-state index contributed by atoms with van der Waals surface area (Å²) < 4.78 is 44.0. The Morgan fingerprint density at radius 1 is 1.05 bits per heavy atom.